The molecule has 2 N–H and O–H groups in total. The summed E-state index contributed by atoms with van der Waals surface area (Å²) < 4.78 is 6.18. The van der Waals surface area contributed by atoms with E-state index in [1.807, 2.05) is 36.4 Å². The number of esters is 1. The van der Waals surface area contributed by atoms with Gasteiger partial charge in [-0.1, -0.05) is 57.2 Å². The van der Waals surface area contributed by atoms with Crippen molar-refractivity contribution in [1.82, 2.24) is 20.6 Å². The van der Waals surface area contributed by atoms with Crippen LogP contribution in [0.25, 0.3) is 11.4 Å². The van der Waals surface area contributed by atoms with Gasteiger partial charge in [-0.2, -0.15) is 0 Å². The number of ether oxygens (including phenoxy) is 1. The summed E-state index contributed by atoms with van der Waals surface area (Å²) in [7, 11) is 0. The molecule has 2 amide bonds. The Morgan fingerprint density at radius 3 is 1.98 bits per heavy atom. The second-order valence-corrected chi connectivity index (χ2v) is 12.7. The molecule has 1 heterocycles. The summed E-state index contributed by atoms with van der Waals surface area (Å²) in [5.41, 5.74) is 2.42. The molecule has 1 unspecified atom stereocenters. The summed E-state index contributed by atoms with van der Waals surface area (Å²) >= 11 is 3.33. The fourth-order valence-corrected chi connectivity index (χ4v) is 4.03. The quantitative estimate of drug-likeness (QED) is 0.332. The number of carbonyl (C=O) groups is 3. The third kappa shape index (κ3) is 8.98. The zero-order valence-corrected chi connectivity index (χ0v) is 25.6. The molecule has 2 aromatic carbocycles. The average Bonchev–Trinajstić information content (AvgIpc) is 2.87. The molecule has 3 aromatic rings. The first kappa shape index (κ1) is 30.9. The number of aromatic nitrogens is 2. The summed E-state index contributed by atoms with van der Waals surface area (Å²) in [6, 6.07) is 13.0. The van der Waals surface area contributed by atoms with Crippen LogP contribution in [0.15, 0.2) is 65.4 Å². The minimum absolute atomic E-state index is 0.0529. The number of hydrogen-bond donors (Lipinski definition) is 2. The van der Waals surface area contributed by atoms with Crippen LogP contribution >= 0.6 is 15.9 Å². The molecule has 0 aliphatic carbocycles. The Morgan fingerprint density at radius 2 is 1.45 bits per heavy atom. The van der Waals surface area contributed by atoms with Crippen molar-refractivity contribution in [3.8, 4) is 11.4 Å². The number of amides is 2. The summed E-state index contributed by atoms with van der Waals surface area (Å²) in [6.45, 7) is 13.1. The molecule has 3 rings (SSSR count). The van der Waals surface area contributed by atoms with Crippen LogP contribution in [-0.4, -0.2) is 45.4 Å². The predicted molar refractivity (Wildman–Crippen MR) is 159 cm³/mol. The van der Waals surface area contributed by atoms with Gasteiger partial charge in [-0.15, -0.1) is 0 Å². The summed E-state index contributed by atoms with van der Waals surface area (Å²) in [6.07, 6.45) is 3.55. The smallest absolute Gasteiger partial charge is 0.328 e. The van der Waals surface area contributed by atoms with Gasteiger partial charge in [0, 0.05) is 29.9 Å². The first-order valence-corrected chi connectivity index (χ1v) is 13.9. The van der Waals surface area contributed by atoms with Gasteiger partial charge in [0.15, 0.2) is 5.82 Å². The van der Waals surface area contributed by atoms with E-state index in [2.05, 4.69) is 57.3 Å². The number of nitrogens with zero attached hydrogens (tertiary/aromatic N) is 2. The van der Waals surface area contributed by atoms with Gasteiger partial charge in [-0.25, -0.2) is 14.8 Å². The van der Waals surface area contributed by atoms with E-state index in [0.29, 0.717) is 11.4 Å². The molecule has 0 fully saturated rings. The van der Waals surface area contributed by atoms with Crippen molar-refractivity contribution in [3.63, 3.8) is 0 Å². The second kappa shape index (κ2) is 12.7. The van der Waals surface area contributed by atoms with Gasteiger partial charge in [0.25, 0.3) is 5.91 Å². The molecule has 2 atom stereocenters. The minimum Gasteiger partial charge on any atom is -0.458 e. The SMILES string of the molecule is C[C@@H](NC(=O)C(Cc1ccc(-c2ncc(Br)cn2)cc1)NC(=O)c1ccc(C(C)(C)C)cc1)C(=O)OC(C)(C)C. The summed E-state index contributed by atoms with van der Waals surface area (Å²) in [5, 5.41) is 5.55. The lowest BCUT2D eigenvalue weighted by Gasteiger charge is -2.25. The fourth-order valence-electron chi connectivity index (χ4n) is 3.82. The highest BCUT2D eigenvalue weighted by atomic mass is 79.9. The van der Waals surface area contributed by atoms with E-state index in [4.69, 9.17) is 4.74 Å². The molecule has 40 heavy (non-hydrogen) atoms. The van der Waals surface area contributed by atoms with Gasteiger partial charge in [0.05, 0.1) is 4.47 Å². The third-order valence-corrected chi connectivity index (χ3v) is 6.44. The van der Waals surface area contributed by atoms with Gasteiger partial charge < -0.3 is 15.4 Å². The molecule has 9 heteroatoms. The Bertz CT molecular complexity index is 1330. The number of halogens is 1. The Labute approximate surface area is 244 Å². The number of carbonyl (C=O) groups excluding carboxylic acids is 3. The highest BCUT2D eigenvalue weighted by Crippen LogP contribution is 2.22. The lowest BCUT2D eigenvalue weighted by atomic mass is 9.86. The second-order valence-electron chi connectivity index (χ2n) is 11.7. The van der Waals surface area contributed by atoms with Crippen LogP contribution in [0.5, 0.6) is 0 Å². The largest absolute Gasteiger partial charge is 0.458 e. The Kier molecular flexibility index (Phi) is 9.84. The van der Waals surface area contributed by atoms with Crippen molar-refractivity contribution in [2.24, 2.45) is 0 Å². The van der Waals surface area contributed by atoms with Crippen LogP contribution in [0.4, 0.5) is 0 Å². The van der Waals surface area contributed by atoms with Gasteiger partial charge in [0.2, 0.25) is 5.91 Å². The van der Waals surface area contributed by atoms with Crippen LogP contribution in [0.2, 0.25) is 0 Å². The van der Waals surface area contributed by atoms with E-state index in [1.54, 1.807) is 52.2 Å². The van der Waals surface area contributed by atoms with Crippen LogP contribution in [0, 0.1) is 0 Å². The van der Waals surface area contributed by atoms with Crippen LogP contribution < -0.4 is 10.6 Å². The molecular weight excluding hydrogens is 572 g/mol. The number of nitrogens with one attached hydrogen (secondary N) is 2. The maximum absolute atomic E-state index is 13.3. The number of rotatable bonds is 8. The first-order chi connectivity index (χ1) is 18.6. The van der Waals surface area contributed by atoms with E-state index in [-0.39, 0.29) is 17.7 Å². The van der Waals surface area contributed by atoms with E-state index in [9.17, 15) is 14.4 Å². The molecule has 0 saturated carbocycles. The monoisotopic (exact) mass is 608 g/mol. The van der Waals surface area contributed by atoms with Gasteiger partial charge >= 0.3 is 5.97 Å². The Balaban J connectivity index is 1.80. The fraction of sp³-hybridized carbons (Fsp3) is 0.387. The van der Waals surface area contributed by atoms with E-state index < -0.39 is 29.6 Å². The maximum atomic E-state index is 13.3. The Morgan fingerprint density at radius 1 is 0.875 bits per heavy atom. The molecule has 8 nitrogen and oxygen atoms in total. The van der Waals surface area contributed by atoms with Gasteiger partial charge in [0.1, 0.15) is 17.7 Å². The number of benzene rings is 2. The first-order valence-electron chi connectivity index (χ1n) is 13.1. The van der Waals surface area contributed by atoms with Crippen molar-refractivity contribution < 1.29 is 19.1 Å². The summed E-state index contributed by atoms with van der Waals surface area (Å²) in [5.74, 6) is -0.853. The predicted octanol–water partition coefficient (Wildman–Crippen LogP) is 5.39. The lowest BCUT2D eigenvalue weighted by Crippen LogP contribution is -2.52. The van der Waals surface area contributed by atoms with Crippen molar-refractivity contribution in [1.29, 1.82) is 0 Å². The van der Waals surface area contributed by atoms with Gasteiger partial charge in [-0.3, -0.25) is 9.59 Å². The normalized spacial score (nSPS) is 13.2. The summed E-state index contributed by atoms with van der Waals surface area (Å²) in [4.78, 5) is 47.6. The topological polar surface area (TPSA) is 110 Å². The van der Waals surface area contributed by atoms with Crippen LogP contribution in [-0.2, 0) is 26.2 Å². The molecule has 0 bridgehead atoms. The molecule has 0 aliphatic heterocycles. The highest BCUT2D eigenvalue weighted by Gasteiger charge is 2.28. The molecule has 0 aliphatic rings. The zero-order chi connectivity index (χ0) is 29.7. The van der Waals surface area contributed by atoms with E-state index in [0.717, 1.165) is 21.2 Å². The van der Waals surface area contributed by atoms with Crippen molar-refractivity contribution in [2.75, 3.05) is 0 Å². The molecule has 0 spiro atoms. The zero-order valence-electron chi connectivity index (χ0n) is 24.0. The number of hydrogen-bond acceptors (Lipinski definition) is 6. The highest BCUT2D eigenvalue weighted by molar-refractivity contribution is 9.10. The van der Waals surface area contributed by atoms with Crippen LogP contribution in [0.3, 0.4) is 0 Å². The maximum Gasteiger partial charge on any atom is 0.328 e. The van der Waals surface area contributed by atoms with Crippen molar-refractivity contribution in [3.05, 3.63) is 82.1 Å². The molecule has 212 valence electrons. The molecule has 0 radical (unpaired) electrons. The van der Waals surface area contributed by atoms with Crippen LogP contribution in [0.1, 0.15) is 70.0 Å². The van der Waals surface area contributed by atoms with E-state index >= 15 is 0 Å². The van der Waals surface area contributed by atoms with Crippen molar-refractivity contribution >= 4 is 33.7 Å². The lowest BCUT2D eigenvalue weighted by molar-refractivity contribution is -0.158. The Hall–Kier alpha value is -3.59. The minimum atomic E-state index is -0.936. The van der Waals surface area contributed by atoms with E-state index in [1.165, 1.54) is 0 Å². The molecule has 0 saturated heterocycles. The average molecular weight is 610 g/mol. The molecule has 1 aromatic heterocycles. The molecular formula is C31H37BrN4O4. The van der Waals surface area contributed by atoms with Crippen molar-refractivity contribution in [2.45, 2.75) is 78.0 Å². The van der Waals surface area contributed by atoms with Gasteiger partial charge in [-0.05, 0) is 72.3 Å². The third-order valence-electron chi connectivity index (χ3n) is 6.03. The standard InChI is InChI=1S/C31H37BrN4O4/c1-19(29(39)40-31(5,6)7)35-28(38)25(36-27(37)22-12-14-23(15-13-22)30(2,3)4)16-20-8-10-21(11-9-20)26-33-17-24(32)18-34-26/h8-15,17-19,25H,16H2,1-7H3,(H,35,38)(H,36,37)/t19-,25?/m1/s1.